The molecule has 1 aliphatic rings. The van der Waals surface area contributed by atoms with Crippen LogP contribution in [-0.2, 0) is 9.53 Å². The molecule has 7 nitrogen and oxygen atoms in total. The van der Waals surface area contributed by atoms with Crippen LogP contribution in [-0.4, -0.2) is 31.5 Å². The molecule has 1 aromatic heterocycles. The smallest absolute Gasteiger partial charge is 0.340 e. The Morgan fingerprint density at radius 2 is 1.79 bits per heavy atom. The minimum absolute atomic E-state index is 0.139. The molecule has 3 aromatic rings. The van der Waals surface area contributed by atoms with Gasteiger partial charge in [0.05, 0.1) is 29.3 Å². The number of benzene rings is 2. The van der Waals surface area contributed by atoms with E-state index in [-0.39, 0.29) is 23.4 Å². The number of amides is 2. The molecule has 2 N–H and O–H groups in total. The van der Waals surface area contributed by atoms with Crippen LogP contribution in [0.15, 0.2) is 66.0 Å². The summed E-state index contributed by atoms with van der Waals surface area (Å²) in [4.78, 5) is 38.1. The molecule has 1 fully saturated rings. The Balaban J connectivity index is 1.36. The molecule has 0 bridgehead atoms. The summed E-state index contributed by atoms with van der Waals surface area (Å²) in [7, 11) is 1.61. The van der Waals surface area contributed by atoms with Crippen molar-refractivity contribution in [3.63, 3.8) is 0 Å². The van der Waals surface area contributed by atoms with Gasteiger partial charge in [-0.25, -0.2) is 4.79 Å². The van der Waals surface area contributed by atoms with Crippen molar-refractivity contribution < 1.29 is 23.9 Å². The van der Waals surface area contributed by atoms with E-state index < -0.39 is 12.6 Å². The quantitative estimate of drug-likeness (QED) is 0.457. The van der Waals surface area contributed by atoms with Gasteiger partial charge in [0.25, 0.3) is 11.8 Å². The maximum absolute atomic E-state index is 12.6. The topological polar surface area (TPSA) is 93.7 Å². The Morgan fingerprint density at radius 1 is 1.03 bits per heavy atom. The zero-order chi connectivity index (χ0) is 23.2. The fraction of sp³-hybridized carbons (Fsp3) is 0.240. The number of hydrogen-bond donors (Lipinski definition) is 2. The predicted octanol–water partition coefficient (Wildman–Crippen LogP) is 4.43. The van der Waals surface area contributed by atoms with Crippen LogP contribution in [0.5, 0.6) is 5.75 Å². The van der Waals surface area contributed by atoms with Crippen LogP contribution in [0.2, 0.25) is 0 Å². The highest BCUT2D eigenvalue weighted by Gasteiger charge is 2.33. The summed E-state index contributed by atoms with van der Waals surface area (Å²) in [5.41, 5.74) is 1.50. The molecule has 1 atom stereocenters. The highest BCUT2D eigenvalue weighted by atomic mass is 32.1. The summed E-state index contributed by atoms with van der Waals surface area (Å²) >= 11 is 1.30. The van der Waals surface area contributed by atoms with Crippen LogP contribution in [0.4, 0.5) is 5.69 Å². The number of ether oxygens (including phenoxy) is 2. The minimum Gasteiger partial charge on any atom is -0.497 e. The molecule has 170 valence electrons. The Morgan fingerprint density at radius 3 is 2.45 bits per heavy atom. The van der Waals surface area contributed by atoms with E-state index in [2.05, 4.69) is 10.6 Å². The summed E-state index contributed by atoms with van der Waals surface area (Å²) in [5.74, 6) is -0.254. The molecule has 1 unspecified atom stereocenters. The highest BCUT2D eigenvalue weighted by Crippen LogP contribution is 2.41. The van der Waals surface area contributed by atoms with E-state index in [1.54, 1.807) is 48.9 Å². The second-order valence-corrected chi connectivity index (χ2v) is 8.66. The van der Waals surface area contributed by atoms with Crippen LogP contribution in [0, 0.1) is 5.92 Å². The molecular weight excluding hydrogens is 440 g/mol. The second-order valence-electron chi connectivity index (χ2n) is 7.71. The van der Waals surface area contributed by atoms with E-state index in [1.165, 1.54) is 11.3 Å². The van der Waals surface area contributed by atoms with Crippen molar-refractivity contribution in [2.24, 2.45) is 5.92 Å². The third-order valence-electron chi connectivity index (χ3n) is 5.36. The van der Waals surface area contributed by atoms with E-state index in [1.807, 2.05) is 24.3 Å². The molecule has 0 aliphatic heterocycles. The molecule has 0 spiro atoms. The number of nitrogens with one attached hydrogen (secondary N) is 2. The van der Waals surface area contributed by atoms with Gasteiger partial charge in [-0.15, -0.1) is 11.3 Å². The number of carbonyl (C=O) groups is 3. The average molecular weight is 465 g/mol. The zero-order valence-corrected chi connectivity index (χ0v) is 18.9. The zero-order valence-electron chi connectivity index (χ0n) is 18.1. The predicted molar refractivity (Wildman–Crippen MR) is 126 cm³/mol. The van der Waals surface area contributed by atoms with Gasteiger partial charge in [0.2, 0.25) is 0 Å². The second kappa shape index (κ2) is 10.3. The van der Waals surface area contributed by atoms with Gasteiger partial charge >= 0.3 is 5.97 Å². The molecule has 0 radical (unpaired) electrons. The highest BCUT2D eigenvalue weighted by molar-refractivity contribution is 7.12. The van der Waals surface area contributed by atoms with Gasteiger partial charge in [0.15, 0.2) is 6.61 Å². The Hall–Kier alpha value is -3.65. The van der Waals surface area contributed by atoms with Crippen LogP contribution >= 0.6 is 11.3 Å². The summed E-state index contributed by atoms with van der Waals surface area (Å²) in [6.07, 6.45) is 2.07. The third-order valence-corrected chi connectivity index (χ3v) is 6.23. The Kier molecular flexibility index (Phi) is 7.04. The molecule has 1 saturated carbocycles. The van der Waals surface area contributed by atoms with E-state index >= 15 is 0 Å². The third kappa shape index (κ3) is 5.78. The number of esters is 1. The number of thiophene rings is 1. The van der Waals surface area contributed by atoms with Gasteiger partial charge in [-0.3, -0.25) is 9.59 Å². The average Bonchev–Trinajstić information content (AvgIpc) is 3.53. The first-order chi connectivity index (χ1) is 16.0. The van der Waals surface area contributed by atoms with Gasteiger partial charge in [-0.05, 0) is 60.0 Å². The Labute approximate surface area is 195 Å². The van der Waals surface area contributed by atoms with Gasteiger partial charge < -0.3 is 20.1 Å². The Bertz CT molecular complexity index is 1120. The van der Waals surface area contributed by atoms with E-state index in [9.17, 15) is 14.4 Å². The van der Waals surface area contributed by atoms with Crippen molar-refractivity contribution in [3.8, 4) is 5.75 Å². The van der Waals surface area contributed by atoms with E-state index in [0.717, 1.165) is 24.2 Å². The lowest BCUT2D eigenvalue weighted by molar-refractivity contribution is -0.125. The first kappa shape index (κ1) is 22.5. The number of anilines is 1. The molecule has 1 aliphatic carbocycles. The molecule has 8 heteroatoms. The summed E-state index contributed by atoms with van der Waals surface area (Å²) < 4.78 is 10.5. The summed E-state index contributed by atoms with van der Waals surface area (Å²) in [6, 6.07) is 17.5. The van der Waals surface area contributed by atoms with Crippen LogP contribution in [0.1, 0.15) is 44.5 Å². The molecule has 33 heavy (non-hydrogen) atoms. The summed E-state index contributed by atoms with van der Waals surface area (Å²) in [5, 5.41) is 7.51. The SMILES string of the molecule is COc1ccc(C(NC(=O)COC(=O)c2ccccc2NC(=O)c2cccs2)C2CC2)cc1. The largest absolute Gasteiger partial charge is 0.497 e. The number of rotatable bonds is 9. The lowest BCUT2D eigenvalue weighted by Gasteiger charge is -2.19. The first-order valence-corrected chi connectivity index (χ1v) is 11.5. The number of methoxy groups -OCH3 is 1. The molecule has 0 saturated heterocycles. The van der Waals surface area contributed by atoms with Gasteiger partial charge in [0, 0.05) is 0 Å². The molecule has 1 heterocycles. The monoisotopic (exact) mass is 464 g/mol. The lowest BCUT2D eigenvalue weighted by atomic mass is 10.0. The van der Waals surface area contributed by atoms with Crippen molar-refractivity contribution in [1.29, 1.82) is 0 Å². The fourth-order valence-corrected chi connectivity index (χ4v) is 4.12. The van der Waals surface area contributed by atoms with Crippen molar-refractivity contribution >= 4 is 34.8 Å². The standard InChI is InChI=1S/C25H24N2O5S/c1-31-18-12-10-17(11-13-18)23(16-8-9-16)27-22(28)15-32-25(30)19-5-2-3-6-20(19)26-24(29)21-7-4-14-33-21/h2-7,10-14,16,23H,8-9,15H2,1H3,(H,26,29)(H,27,28). The van der Waals surface area contributed by atoms with Crippen LogP contribution in [0.25, 0.3) is 0 Å². The van der Waals surface area contributed by atoms with Gasteiger partial charge in [0.1, 0.15) is 5.75 Å². The number of para-hydroxylation sites is 1. The molecular formula is C25H24N2O5S. The van der Waals surface area contributed by atoms with Gasteiger partial charge in [-0.2, -0.15) is 0 Å². The maximum Gasteiger partial charge on any atom is 0.340 e. The van der Waals surface area contributed by atoms with Gasteiger partial charge in [-0.1, -0.05) is 30.3 Å². The van der Waals surface area contributed by atoms with Crippen molar-refractivity contribution in [2.45, 2.75) is 18.9 Å². The number of carbonyl (C=O) groups excluding carboxylic acids is 3. The molecule has 2 amide bonds. The minimum atomic E-state index is -0.681. The first-order valence-electron chi connectivity index (χ1n) is 10.6. The maximum atomic E-state index is 12.6. The van der Waals surface area contributed by atoms with Crippen LogP contribution < -0.4 is 15.4 Å². The molecule has 2 aromatic carbocycles. The number of hydrogen-bond acceptors (Lipinski definition) is 6. The van der Waals surface area contributed by atoms with E-state index in [0.29, 0.717) is 16.5 Å². The fourth-order valence-electron chi connectivity index (χ4n) is 3.50. The van der Waals surface area contributed by atoms with Crippen molar-refractivity contribution in [1.82, 2.24) is 5.32 Å². The van der Waals surface area contributed by atoms with Crippen molar-refractivity contribution in [2.75, 3.05) is 19.0 Å². The van der Waals surface area contributed by atoms with Crippen molar-refractivity contribution in [3.05, 3.63) is 82.0 Å². The molecule has 4 rings (SSSR count). The van der Waals surface area contributed by atoms with Crippen LogP contribution in [0.3, 0.4) is 0 Å². The lowest BCUT2D eigenvalue weighted by Crippen LogP contribution is -2.33. The van der Waals surface area contributed by atoms with E-state index in [4.69, 9.17) is 9.47 Å². The normalized spacial score (nSPS) is 13.6. The summed E-state index contributed by atoms with van der Waals surface area (Å²) in [6.45, 7) is -0.411.